The monoisotopic (exact) mass is 400 g/mol. The van der Waals surface area contributed by atoms with Gasteiger partial charge in [-0.3, -0.25) is 0 Å². The number of benzene rings is 2. The van der Waals surface area contributed by atoms with Crippen LogP contribution < -0.4 is 19.9 Å². The molecule has 26 heavy (non-hydrogen) atoms. The molecule has 0 aliphatic heterocycles. The van der Waals surface area contributed by atoms with E-state index in [1.807, 2.05) is 25.1 Å². The second-order valence-electron chi connectivity index (χ2n) is 5.53. The normalized spacial score (nSPS) is 10.9. The van der Waals surface area contributed by atoms with Gasteiger partial charge in [0.15, 0.2) is 11.5 Å². The number of nitrogens with two attached hydrogens (primary N) is 1. The summed E-state index contributed by atoms with van der Waals surface area (Å²) in [7, 11) is -2.01. The van der Waals surface area contributed by atoms with Gasteiger partial charge >= 0.3 is 0 Å². The van der Waals surface area contributed by atoms with Gasteiger partial charge in [-0.15, -0.1) is 12.4 Å². The minimum absolute atomic E-state index is 0. The first-order valence-electron chi connectivity index (χ1n) is 8.06. The Morgan fingerprint density at radius 2 is 1.69 bits per heavy atom. The Kier molecular flexibility index (Phi) is 8.87. The number of methoxy groups -OCH3 is 1. The van der Waals surface area contributed by atoms with Crippen LogP contribution in [0.1, 0.15) is 18.1 Å². The van der Waals surface area contributed by atoms with Crippen LogP contribution in [0.5, 0.6) is 11.5 Å². The van der Waals surface area contributed by atoms with Crippen molar-refractivity contribution in [1.82, 2.24) is 5.32 Å². The molecule has 0 bridgehead atoms. The Morgan fingerprint density at radius 3 is 2.27 bits per heavy atom. The summed E-state index contributed by atoms with van der Waals surface area (Å²) in [6, 6.07) is 12.5. The zero-order chi connectivity index (χ0) is 18.3. The van der Waals surface area contributed by atoms with Gasteiger partial charge in [-0.25, -0.2) is 13.6 Å². The number of hydrogen-bond donors (Lipinski definition) is 2. The van der Waals surface area contributed by atoms with E-state index >= 15 is 0 Å². The number of ether oxygens (including phenoxy) is 2. The minimum atomic E-state index is -3.63. The lowest BCUT2D eigenvalue weighted by Crippen LogP contribution is -2.17. The lowest BCUT2D eigenvalue weighted by molar-refractivity contribution is 0.310. The van der Waals surface area contributed by atoms with E-state index in [2.05, 4.69) is 5.32 Å². The molecular formula is C18H25ClN2O4S. The molecule has 0 atom stereocenters. The van der Waals surface area contributed by atoms with Crippen LogP contribution in [0.3, 0.4) is 0 Å². The van der Waals surface area contributed by atoms with Gasteiger partial charge in [0.05, 0.1) is 18.6 Å². The molecule has 0 amide bonds. The second kappa shape index (κ2) is 10.4. The van der Waals surface area contributed by atoms with Crippen molar-refractivity contribution < 1.29 is 17.9 Å². The number of primary sulfonamides is 1. The van der Waals surface area contributed by atoms with Gasteiger partial charge in [0.25, 0.3) is 0 Å². The number of hydrogen-bond acceptors (Lipinski definition) is 5. The molecule has 6 nitrogen and oxygen atoms in total. The fourth-order valence-electron chi connectivity index (χ4n) is 2.41. The average molecular weight is 401 g/mol. The van der Waals surface area contributed by atoms with Gasteiger partial charge in [0.1, 0.15) is 0 Å². The summed E-state index contributed by atoms with van der Waals surface area (Å²) < 4.78 is 33.3. The molecule has 2 aromatic rings. The number of rotatable bonds is 9. The molecule has 0 saturated heterocycles. The fraction of sp³-hybridized carbons (Fsp3) is 0.333. The highest BCUT2D eigenvalue weighted by Gasteiger charge is 2.07. The van der Waals surface area contributed by atoms with Crippen LogP contribution in [0.15, 0.2) is 47.4 Å². The van der Waals surface area contributed by atoms with E-state index in [1.54, 1.807) is 19.2 Å². The molecule has 0 heterocycles. The Labute approximate surface area is 161 Å². The first-order chi connectivity index (χ1) is 11.9. The summed E-state index contributed by atoms with van der Waals surface area (Å²) in [5.41, 5.74) is 2.15. The van der Waals surface area contributed by atoms with Gasteiger partial charge < -0.3 is 14.8 Å². The van der Waals surface area contributed by atoms with Gasteiger partial charge in [-0.05, 0) is 55.3 Å². The van der Waals surface area contributed by atoms with Crippen molar-refractivity contribution in [2.75, 3.05) is 20.3 Å². The molecule has 2 rings (SSSR count). The van der Waals surface area contributed by atoms with Crippen molar-refractivity contribution >= 4 is 22.4 Å². The summed E-state index contributed by atoms with van der Waals surface area (Å²) in [5, 5.41) is 8.45. The van der Waals surface area contributed by atoms with E-state index < -0.39 is 10.0 Å². The fourth-order valence-corrected chi connectivity index (χ4v) is 2.93. The molecule has 2 aromatic carbocycles. The maximum atomic E-state index is 11.2. The van der Waals surface area contributed by atoms with E-state index in [1.165, 1.54) is 12.1 Å². The largest absolute Gasteiger partial charge is 0.493 e. The molecule has 0 unspecified atom stereocenters. The van der Waals surface area contributed by atoms with Gasteiger partial charge in [0, 0.05) is 6.54 Å². The van der Waals surface area contributed by atoms with Crippen LogP contribution in [-0.4, -0.2) is 28.7 Å². The number of nitrogens with one attached hydrogen (secondary N) is 1. The quantitative estimate of drug-likeness (QED) is 0.631. The first kappa shape index (κ1) is 22.2. The van der Waals surface area contributed by atoms with Crippen molar-refractivity contribution in [2.24, 2.45) is 5.14 Å². The van der Waals surface area contributed by atoms with Crippen LogP contribution >= 0.6 is 12.4 Å². The van der Waals surface area contributed by atoms with Crippen molar-refractivity contribution in [3.8, 4) is 11.5 Å². The van der Waals surface area contributed by atoms with E-state index in [9.17, 15) is 8.42 Å². The number of halogens is 1. The smallest absolute Gasteiger partial charge is 0.238 e. The Balaban J connectivity index is 0.00000338. The maximum Gasteiger partial charge on any atom is 0.238 e. The van der Waals surface area contributed by atoms with Crippen LogP contribution in [0.25, 0.3) is 0 Å². The molecule has 3 N–H and O–H groups in total. The van der Waals surface area contributed by atoms with E-state index in [0.29, 0.717) is 13.2 Å². The molecule has 0 saturated carbocycles. The molecule has 144 valence electrons. The van der Waals surface area contributed by atoms with Crippen LogP contribution in [0.2, 0.25) is 0 Å². The van der Waals surface area contributed by atoms with Crippen molar-refractivity contribution in [3.63, 3.8) is 0 Å². The number of sulfonamides is 1. The Bertz CT molecular complexity index is 795. The van der Waals surface area contributed by atoms with E-state index in [-0.39, 0.29) is 17.3 Å². The lowest BCUT2D eigenvalue weighted by atomic mass is 10.1. The molecule has 0 radical (unpaired) electrons. The molecule has 0 aliphatic rings. The Morgan fingerprint density at radius 1 is 1.04 bits per heavy atom. The topological polar surface area (TPSA) is 90.6 Å². The highest BCUT2D eigenvalue weighted by Crippen LogP contribution is 2.27. The van der Waals surface area contributed by atoms with Gasteiger partial charge in [0.2, 0.25) is 10.0 Å². The average Bonchev–Trinajstić information content (AvgIpc) is 2.59. The van der Waals surface area contributed by atoms with E-state index in [4.69, 9.17) is 14.6 Å². The van der Waals surface area contributed by atoms with Crippen molar-refractivity contribution in [1.29, 1.82) is 0 Å². The van der Waals surface area contributed by atoms with Gasteiger partial charge in [-0.1, -0.05) is 18.2 Å². The third-order valence-electron chi connectivity index (χ3n) is 3.70. The summed E-state index contributed by atoms with van der Waals surface area (Å²) >= 11 is 0. The highest BCUT2D eigenvalue weighted by molar-refractivity contribution is 7.89. The predicted octanol–water partition coefficient (Wildman–Crippen LogP) is 2.50. The third kappa shape index (κ3) is 6.49. The van der Waals surface area contributed by atoms with Crippen LogP contribution in [0.4, 0.5) is 0 Å². The first-order valence-corrected chi connectivity index (χ1v) is 9.61. The standard InChI is InChI=1S/C18H24N2O4S.ClH/c1-3-24-18-12-15(6-9-17(18)23-2)13-20-11-10-14-4-7-16(8-5-14)25(19,21)22;/h4-9,12,20H,3,10-11,13H2,1-2H3,(H2,19,21,22);1H. The summed E-state index contributed by atoms with van der Waals surface area (Å²) in [6.45, 7) is 4.00. The third-order valence-corrected chi connectivity index (χ3v) is 4.63. The van der Waals surface area contributed by atoms with Crippen molar-refractivity contribution in [3.05, 3.63) is 53.6 Å². The summed E-state index contributed by atoms with van der Waals surface area (Å²) in [5.74, 6) is 1.46. The summed E-state index contributed by atoms with van der Waals surface area (Å²) in [4.78, 5) is 0.130. The molecular weight excluding hydrogens is 376 g/mol. The van der Waals surface area contributed by atoms with Gasteiger partial charge in [-0.2, -0.15) is 0 Å². The van der Waals surface area contributed by atoms with Crippen molar-refractivity contribution in [2.45, 2.75) is 24.8 Å². The highest BCUT2D eigenvalue weighted by atomic mass is 35.5. The maximum absolute atomic E-state index is 11.2. The lowest BCUT2D eigenvalue weighted by Gasteiger charge is -2.11. The molecule has 0 spiro atoms. The summed E-state index contributed by atoms with van der Waals surface area (Å²) in [6.07, 6.45) is 0.791. The SMILES string of the molecule is CCOc1cc(CNCCc2ccc(S(N)(=O)=O)cc2)ccc1OC.Cl. The Hall–Kier alpha value is -1.80. The minimum Gasteiger partial charge on any atom is -0.493 e. The second-order valence-corrected chi connectivity index (χ2v) is 7.10. The molecule has 0 aromatic heterocycles. The van der Waals surface area contributed by atoms with Crippen LogP contribution in [0, 0.1) is 0 Å². The molecule has 8 heteroatoms. The van der Waals surface area contributed by atoms with E-state index in [0.717, 1.165) is 35.6 Å². The zero-order valence-corrected chi connectivity index (χ0v) is 16.5. The molecule has 0 fully saturated rings. The predicted molar refractivity (Wildman–Crippen MR) is 105 cm³/mol. The zero-order valence-electron chi connectivity index (χ0n) is 14.9. The molecule has 0 aliphatic carbocycles. The van der Waals surface area contributed by atoms with Crippen LogP contribution in [-0.2, 0) is 23.0 Å².